The van der Waals surface area contributed by atoms with E-state index in [0.29, 0.717) is 11.5 Å². The molecule has 0 saturated heterocycles. The van der Waals surface area contributed by atoms with Gasteiger partial charge in [0.25, 0.3) is 5.91 Å². The first-order chi connectivity index (χ1) is 9.77. The van der Waals surface area contributed by atoms with Crippen LogP contribution in [0.4, 0.5) is 5.69 Å². The van der Waals surface area contributed by atoms with Gasteiger partial charge in [-0.3, -0.25) is 4.79 Å². The average molecular weight is 306 g/mol. The molecule has 21 heavy (non-hydrogen) atoms. The van der Waals surface area contributed by atoms with E-state index in [0.717, 1.165) is 6.26 Å². The van der Waals surface area contributed by atoms with Crippen LogP contribution in [0.25, 0.3) is 0 Å². The monoisotopic (exact) mass is 306 g/mol. The van der Waals surface area contributed by atoms with Crippen LogP contribution in [0.1, 0.15) is 10.4 Å². The maximum absolute atomic E-state index is 11.4. The Hall–Kier alpha value is -2.54. The minimum atomic E-state index is -3.25. The highest BCUT2D eigenvalue weighted by atomic mass is 32.2. The van der Waals surface area contributed by atoms with E-state index in [2.05, 4.69) is 0 Å². The Morgan fingerprint density at radius 3 is 2.14 bits per heavy atom. The average Bonchev–Trinajstić information content (AvgIpc) is 2.40. The summed E-state index contributed by atoms with van der Waals surface area (Å²) in [5.41, 5.74) is 11.3. The fraction of sp³-hybridized carbons (Fsp3) is 0.0714. The molecule has 7 heteroatoms. The largest absolute Gasteiger partial charge is 0.457 e. The lowest BCUT2D eigenvalue weighted by molar-refractivity contribution is 0.100. The fourth-order valence-electron chi connectivity index (χ4n) is 1.70. The Balaban J connectivity index is 2.26. The minimum Gasteiger partial charge on any atom is -0.457 e. The molecular weight excluding hydrogens is 292 g/mol. The highest BCUT2D eigenvalue weighted by Gasteiger charge is 2.09. The molecule has 0 aliphatic rings. The van der Waals surface area contributed by atoms with Gasteiger partial charge in [0, 0.05) is 11.9 Å². The molecule has 4 N–H and O–H groups in total. The van der Waals surface area contributed by atoms with Gasteiger partial charge < -0.3 is 16.2 Å². The van der Waals surface area contributed by atoms with Crippen LogP contribution in [0.5, 0.6) is 11.5 Å². The predicted molar refractivity (Wildman–Crippen MR) is 79.0 cm³/mol. The Bertz CT molecular complexity index is 783. The Morgan fingerprint density at radius 2 is 1.62 bits per heavy atom. The van der Waals surface area contributed by atoms with Gasteiger partial charge in [-0.05, 0) is 42.5 Å². The van der Waals surface area contributed by atoms with Gasteiger partial charge in [-0.15, -0.1) is 0 Å². The van der Waals surface area contributed by atoms with E-state index < -0.39 is 15.7 Å². The lowest BCUT2D eigenvalue weighted by Gasteiger charge is -2.08. The highest BCUT2D eigenvalue weighted by molar-refractivity contribution is 7.90. The summed E-state index contributed by atoms with van der Waals surface area (Å²) in [6.45, 7) is 0. The van der Waals surface area contributed by atoms with Crippen LogP contribution in [0.15, 0.2) is 47.4 Å². The number of ether oxygens (including phenoxy) is 1. The van der Waals surface area contributed by atoms with Crippen LogP contribution < -0.4 is 16.2 Å². The molecular formula is C14H14N2O4S. The van der Waals surface area contributed by atoms with Crippen molar-refractivity contribution in [1.29, 1.82) is 0 Å². The first-order valence-corrected chi connectivity index (χ1v) is 7.84. The van der Waals surface area contributed by atoms with Gasteiger partial charge in [0.15, 0.2) is 9.84 Å². The van der Waals surface area contributed by atoms with E-state index in [9.17, 15) is 13.2 Å². The second-order valence-electron chi connectivity index (χ2n) is 4.46. The molecule has 0 fully saturated rings. The smallest absolute Gasteiger partial charge is 0.250 e. The van der Waals surface area contributed by atoms with Crippen LogP contribution in [-0.2, 0) is 9.84 Å². The quantitative estimate of drug-likeness (QED) is 0.832. The second-order valence-corrected chi connectivity index (χ2v) is 6.47. The molecule has 2 aromatic rings. The molecule has 0 saturated carbocycles. The molecule has 0 radical (unpaired) electrons. The molecule has 0 aliphatic heterocycles. The van der Waals surface area contributed by atoms with Crippen molar-refractivity contribution in [3.05, 3.63) is 48.0 Å². The topological polar surface area (TPSA) is 112 Å². The normalized spacial score (nSPS) is 11.1. The molecule has 0 unspecified atom stereocenters. The first kappa shape index (κ1) is 14.9. The third kappa shape index (κ3) is 3.51. The van der Waals surface area contributed by atoms with E-state index in [1.54, 1.807) is 6.07 Å². The Morgan fingerprint density at radius 1 is 1.05 bits per heavy atom. The Kier molecular flexibility index (Phi) is 3.86. The maximum Gasteiger partial charge on any atom is 0.250 e. The molecule has 0 bridgehead atoms. The summed E-state index contributed by atoms with van der Waals surface area (Å²) in [6.07, 6.45) is 1.13. The standard InChI is InChI=1S/C14H14N2O4S/c1-21(18,19)11-5-2-9(3-6-11)20-10-4-7-13(15)12(8-10)14(16)17/h2-8H,15H2,1H3,(H2,16,17). The van der Waals surface area contributed by atoms with Crippen molar-refractivity contribution in [2.45, 2.75) is 4.90 Å². The number of carbonyl (C=O) groups is 1. The number of benzene rings is 2. The van der Waals surface area contributed by atoms with Crippen molar-refractivity contribution in [3.8, 4) is 11.5 Å². The molecule has 0 spiro atoms. The summed E-state index contributed by atoms with van der Waals surface area (Å²) in [7, 11) is -3.25. The van der Waals surface area contributed by atoms with Crippen LogP contribution in [0, 0.1) is 0 Å². The van der Waals surface area contributed by atoms with E-state index in [1.165, 1.54) is 36.4 Å². The zero-order chi connectivity index (χ0) is 15.6. The fourth-order valence-corrected chi connectivity index (χ4v) is 2.33. The van der Waals surface area contributed by atoms with Crippen LogP contribution in [0.2, 0.25) is 0 Å². The zero-order valence-electron chi connectivity index (χ0n) is 11.2. The van der Waals surface area contributed by atoms with Gasteiger partial charge in [0.2, 0.25) is 0 Å². The zero-order valence-corrected chi connectivity index (χ0v) is 12.1. The SMILES string of the molecule is CS(=O)(=O)c1ccc(Oc2ccc(N)c(C(N)=O)c2)cc1. The summed E-state index contributed by atoms with van der Waals surface area (Å²) in [5.74, 6) is 0.165. The third-order valence-corrected chi connectivity index (χ3v) is 3.91. The number of anilines is 1. The molecule has 0 aromatic heterocycles. The van der Waals surface area contributed by atoms with Crippen molar-refractivity contribution >= 4 is 21.4 Å². The van der Waals surface area contributed by atoms with Gasteiger partial charge in [0.1, 0.15) is 11.5 Å². The lowest BCUT2D eigenvalue weighted by atomic mass is 10.1. The summed E-state index contributed by atoms with van der Waals surface area (Å²) in [6, 6.07) is 10.5. The molecule has 110 valence electrons. The number of sulfone groups is 1. The van der Waals surface area contributed by atoms with Crippen molar-refractivity contribution in [3.63, 3.8) is 0 Å². The number of primary amides is 1. The highest BCUT2D eigenvalue weighted by Crippen LogP contribution is 2.26. The molecule has 2 rings (SSSR count). The van der Waals surface area contributed by atoms with E-state index in [4.69, 9.17) is 16.2 Å². The predicted octanol–water partition coefficient (Wildman–Crippen LogP) is 1.56. The molecule has 0 aliphatic carbocycles. The molecule has 0 heterocycles. The van der Waals surface area contributed by atoms with E-state index in [1.807, 2.05) is 0 Å². The molecule has 6 nitrogen and oxygen atoms in total. The number of nitrogens with two attached hydrogens (primary N) is 2. The number of hydrogen-bond acceptors (Lipinski definition) is 5. The maximum atomic E-state index is 11.4. The van der Waals surface area contributed by atoms with Gasteiger partial charge in [0.05, 0.1) is 10.5 Å². The third-order valence-electron chi connectivity index (χ3n) is 2.78. The summed E-state index contributed by atoms with van der Waals surface area (Å²) >= 11 is 0. The summed E-state index contributed by atoms with van der Waals surface area (Å²) in [4.78, 5) is 11.4. The second kappa shape index (κ2) is 5.45. The van der Waals surface area contributed by atoms with Crippen molar-refractivity contribution in [2.75, 3.05) is 12.0 Å². The molecule has 0 atom stereocenters. The molecule has 1 amide bonds. The Labute approximate surface area is 122 Å². The van der Waals surface area contributed by atoms with E-state index >= 15 is 0 Å². The molecule has 2 aromatic carbocycles. The van der Waals surface area contributed by atoms with Crippen molar-refractivity contribution in [1.82, 2.24) is 0 Å². The van der Waals surface area contributed by atoms with Crippen molar-refractivity contribution in [2.24, 2.45) is 5.73 Å². The number of carbonyl (C=O) groups excluding carboxylic acids is 1. The number of amides is 1. The van der Waals surface area contributed by atoms with Gasteiger partial charge in [-0.2, -0.15) is 0 Å². The number of rotatable bonds is 4. The van der Waals surface area contributed by atoms with Crippen LogP contribution >= 0.6 is 0 Å². The van der Waals surface area contributed by atoms with Gasteiger partial charge in [-0.1, -0.05) is 0 Å². The first-order valence-electron chi connectivity index (χ1n) is 5.94. The van der Waals surface area contributed by atoms with Crippen LogP contribution in [0.3, 0.4) is 0 Å². The van der Waals surface area contributed by atoms with Crippen LogP contribution in [-0.4, -0.2) is 20.6 Å². The van der Waals surface area contributed by atoms with Crippen molar-refractivity contribution < 1.29 is 17.9 Å². The number of hydrogen-bond donors (Lipinski definition) is 2. The van der Waals surface area contributed by atoms with Gasteiger partial charge >= 0.3 is 0 Å². The minimum absolute atomic E-state index is 0.167. The summed E-state index contributed by atoms with van der Waals surface area (Å²) < 4.78 is 28.2. The van der Waals surface area contributed by atoms with E-state index in [-0.39, 0.29) is 16.1 Å². The number of nitrogen functional groups attached to an aromatic ring is 1. The summed E-state index contributed by atoms with van der Waals surface area (Å²) in [5, 5.41) is 0. The van der Waals surface area contributed by atoms with Gasteiger partial charge in [-0.25, -0.2) is 8.42 Å². The lowest BCUT2D eigenvalue weighted by Crippen LogP contribution is -2.13.